The summed E-state index contributed by atoms with van der Waals surface area (Å²) in [5.74, 6) is -1.01. The Hall–Kier alpha value is -3.56. The zero-order valence-electron chi connectivity index (χ0n) is 26.7. The predicted octanol–water partition coefficient (Wildman–Crippen LogP) is 8.01. The molecule has 0 aliphatic rings. The van der Waals surface area contributed by atoms with Crippen LogP contribution in [0.2, 0.25) is 15.1 Å². The molecule has 0 aliphatic heterocycles. The molecule has 1 N–H and O–H groups in total. The van der Waals surface area contributed by atoms with Gasteiger partial charge in [0.15, 0.2) is 0 Å². The second-order valence-corrected chi connectivity index (χ2v) is 14.6. The first-order valence-electron chi connectivity index (χ1n) is 15.2. The third-order valence-corrected chi connectivity index (χ3v) is 10.9. The van der Waals surface area contributed by atoms with E-state index in [4.69, 9.17) is 34.8 Å². The van der Waals surface area contributed by atoms with Crippen molar-refractivity contribution < 1.29 is 18.0 Å². The summed E-state index contributed by atoms with van der Waals surface area (Å²) in [5.41, 5.74) is 3.08. The number of benzene rings is 4. The van der Waals surface area contributed by atoms with E-state index in [0.717, 1.165) is 21.0 Å². The van der Waals surface area contributed by atoms with Crippen LogP contribution in [-0.2, 0) is 32.6 Å². The summed E-state index contributed by atoms with van der Waals surface area (Å²) in [7, 11) is -4.27. The summed E-state index contributed by atoms with van der Waals surface area (Å²) in [4.78, 5) is 30.0. The fraction of sp³-hybridized carbons (Fsp3) is 0.278. The Balaban J connectivity index is 1.86. The molecule has 7 nitrogen and oxygen atoms in total. The molecule has 4 aromatic carbocycles. The summed E-state index contributed by atoms with van der Waals surface area (Å²) in [5, 5.41) is 3.97. The monoisotopic (exact) mass is 713 g/mol. The van der Waals surface area contributed by atoms with Crippen LogP contribution in [0.1, 0.15) is 42.5 Å². The van der Waals surface area contributed by atoms with Gasteiger partial charge in [0.05, 0.1) is 10.6 Å². The van der Waals surface area contributed by atoms with Crippen LogP contribution in [0.15, 0.2) is 95.9 Å². The van der Waals surface area contributed by atoms with Crippen molar-refractivity contribution in [3.8, 4) is 0 Å². The van der Waals surface area contributed by atoms with Crippen LogP contribution < -0.4 is 9.62 Å². The second-order valence-electron chi connectivity index (χ2n) is 11.5. The quantitative estimate of drug-likeness (QED) is 0.152. The average Bonchev–Trinajstić information content (AvgIpc) is 3.04. The lowest BCUT2D eigenvalue weighted by molar-refractivity contribution is -0.140. The molecule has 11 heteroatoms. The largest absolute Gasteiger partial charge is 0.352 e. The summed E-state index contributed by atoms with van der Waals surface area (Å²) in [6, 6.07) is 24.3. The summed E-state index contributed by atoms with van der Waals surface area (Å²) >= 11 is 19.6. The maximum atomic E-state index is 14.6. The maximum absolute atomic E-state index is 14.6. The number of hydrogen-bond acceptors (Lipinski definition) is 4. The Morgan fingerprint density at radius 1 is 0.830 bits per heavy atom. The fourth-order valence-corrected chi connectivity index (χ4v) is 7.05. The maximum Gasteiger partial charge on any atom is 0.264 e. The van der Waals surface area contributed by atoms with Crippen molar-refractivity contribution in [2.24, 2.45) is 0 Å². The van der Waals surface area contributed by atoms with E-state index in [2.05, 4.69) is 5.32 Å². The molecule has 0 saturated carbocycles. The Morgan fingerprint density at radius 3 is 2.06 bits per heavy atom. The van der Waals surface area contributed by atoms with Crippen LogP contribution in [0.3, 0.4) is 0 Å². The van der Waals surface area contributed by atoms with Gasteiger partial charge in [0.1, 0.15) is 12.6 Å². The Morgan fingerprint density at radius 2 is 1.47 bits per heavy atom. The zero-order valence-corrected chi connectivity index (χ0v) is 29.8. The standard InChI is InChI=1S/C36H38Cl3N3O4S/c1-5-26(4)40-36(44)34(20-27-10-7-6-8-11-27)41(22-30-31(37)12-9-13-32(30)38)35(43)23-42(28-17-16-25(3)33(39)21-28)47(45,46)29-18-14-24(2)15-19-29/h6-19,21,26,34H,5,20,22-23H2,1-4H3,(H,40,44)/t26-,34-/m0/s1. The van der Waals surface area contributed by atoms with Gasteiger partial charge in [-0.3, -0.25) is 13.9 Å². The highest BCUT2D eigenvalue weighted by molar-refractivity contribution is 7.92. The van der Waals surface area contributed by atoms with Gasteiger partial charge in [-0.1, -0.05) is 102 Å². The fourth-order valence-electron chi connectivity index (χ4n) is 4.95. The highest BCUT2D eigenvalue weighted by atomic mass is 35.5. The summed E-state index contributed by atoms with van der Waals surface area (Å²) in [6.07, 6.45) is 0.836. The van der Waals surface area contributed by atoms with Gasteiger partial charge in [0, 0.05) is 39.6 Å². The van der Waals surface area contributed by atoms with Crippen molar-refractivity contribution >= 4 is 62.3 Å². The molecular formula is C36H38Cl3N3O4S. The molecule has 4 aromatic rings. The number of carbonyl (C=O) groups excluding carboxylic acids is 2. The van der Waals surface area contributed by atoms with Gasteiger partial charge < -0.3 is 10.2 Å². The zero-order chi connectivity index (χ0) is 34.3. The summed E-state index contributed by atoms with van der Waals surface area (Å²) < 4.78 is 29.5. The van der Waals surface area contributed by atoms with Crippen molar-refractivity contribution in [3.05, 3.63) is 128 Å². The molecule has 248 valence electrons. The lowest BCUT2D eigenvalue weighted by atomic mass is 10.0. The molecule has 0 fully saturated rings. The van der Waals surface area contributed by atoms with E-state index in [-0.39, 0.29) is 35.5 Å². The number of rotatable bonds is 13. The van der Waals surface area contributed by atoms with Crippen LogP contribution >= 0.6 is 34.8 Å². The van der Waals surface area contributed by atoms with Crippen LogP contribution in [0.5, 0.6) is 0 Å². The molecule has 0 unspecified atom stereocenters. The van der Waals surface area contributed by atoms with E-state index >= 15 is 0 Å². The smallest absolute Gasteiger partial charge is 0.264 e. The first-order chi connectivity index (χ1) is 22.3. The summed E-state index contributed by atoms with van der Waals surface area (Å²) in [6.45, 7) is 6.72. The number of nitrogens with one attached hydrogen (secondary N) is 1. The van der Waals surface area contributed by atoms with Gasteiger partial charge in [-0.25, -0.2) is 8.42 Å². The molecule has 0 bridgehead atoms. The number of amides is 2. The predicted molar refractivity (Wildman–Crippen MR) is 191 cm³/mol. The first kappa shape index (κ1) is 36.3. The van der Waals surface area contributed by atoms with E-state index in [9.17, 15) is 18.0 Å². The minimum atomic E-state index is -4.27. The molecule has 0 saturated heterocycles. The third-order valence-electron chi connectivity index (χ3n) is 7.99. The van der Waals surface area contributed by atoms with Gasteiger partial charge in [0.2, 0.25) is 11.8 Å². The minimum Gasteiger partial charge on any atom is -0.352 e. The van der Waals surface area contributed by atoms with Crippen molar-refractivity contribution in [1.29, 1.82) is 0 Å². The molecule has 0 aliphatic carbocycles. The van der Waals surface area contributed by atoms with Crippen molar-refractivity contribution in [2.75, 3.05) is 10.8 Å². The highest BCUT2D eigenvalue weighted by Crippen LogP contribution is 2.31. The number of aryl methyl sites for hydroxylation is 2. The molecule has 4 rings (SSSR count). The van der Waals surface area contributed by atoms with Crippen LogP contribution in [0, 0.1) is 13.8 Å². The highest BCUT2D eigenvalue weighted by Gasteiger charge is 2.35. The number of carbonyl (C=O) groups is 2. The normalized spacial score (nSPS) is 12.7. The first-order valence-corrected chi connectivity index (χ1v) is 17.8. The van der Waals surface area contributed by atoms with E-state index in [1.165, 1.54) is 23.1 Å². The second kappa shape index (κ2) is 16.0. The lowest BCUT2D eigenvalue weighted by Crippen LogP contribution is -2.54. The Bertz CT molecular complexity index is 1800. The van der Waals surface area contributed by atoms with E-state index < -0.39 is 28.5 Å². The number of hydrogen-bond donors (Lipinski definition) is 1. The van der Waals surface area contributed by atoms with Crippen molar-refractivity contribution in [3.63, 3.8) is 0 Å². The van der Waals surface area contributed by atoms with Crippen molar-refractivity contribution in [1.82, 2.24) is 10.2 Å². The van der Waals surface area contributed by atoms with Crippen molar-refractivity contribution in [2.45, 2.75) is 64.1 Å². The SMILES string of the molecule is CC[C@H](C)NC(=O)[C@H](Cc1ccccc1)N(Cc1c(Cl)cccc1Cl)C(=O)CN(c1ccc(C)c(Cl)c1)S(=O)(=O)c1ccc(C)cc1. The number of anilines is 1. The number of nitrogens with zero attached hydrogens (tertiary/aromatic N) is 2. The molecule has 0 radical (unpaired) electrons. The van der Waals surface area contributed by atoms with Gasteiger partial charge in [-0.2, -0.15) is 0 Å². The molecule has 47 heavy (non-hydrogen) atoms. The molecular weight excluding hydrogens is 677 g/mol. The lowest BCUT2D eigenvalue weighted by Gasteiger charge is -2.34. The van der Waals surface area contributed by atoms with Gasteiger partial charge in [-0.05, 0) is 74.7 Å². The van der Waals surface area contributed by atoms with Gasteiger partial charge in [0.25, 0.3) is 10.0 Å². The molecule has 2 atom stereocenters. The molecule has 0 spiro atoms. The molecule has 2 amide bonds. The van der Waals surface area contributed by atoms with Crippen LogP contribution in [0.4, 0.5) is 5.69 Å². The molecule has 0 aromatic heterocycles. The average molecular weight is 715 g/mol. The Labute approximate surface area is 292 Å². The molecule has 0 heterocycles. The van der Waals surface area contributed by atoms with E-state index in [1.807, 2.05) is 51.1 Å². The number of halogens is 3. The number of sulfonamides is 1. The van der Waals surface area contributed by atoms with Gasteiger partial charge >= 0.3 is 0 Å². The van der Waals surface area contributed by atoms with E-state index in [1.54, 1.807) is 49.4 Å². The van der Waals surface area contributed by atoms with Crippen LogP contribution in [0.25, 0.3) is 0 Å². The van der Waals surface area contributed by atoms with Crippen LogP contribution in [-0.4, -0.2) is 43.8 Å². The third kappa shape index (κ3) is 9.08. The topological polar surface area (TPSA) is 86.8 Å². The van der Waals surface area contributed by atoms with E-state index in [0.29, 0.717) is 27.1 Å². The Kier molecular flexibility index (Phi) is 12.4. The minimum absolute atomic E-state index is 0.00337. The van der Waals surface area contributed by atoms with Gasteiger partial charge in [-0.15, -0.1) is 0 Å².